The van der Waals surface area contributed by atoms with Crippen LogP contribution in [0.1, 0.15) is 79.1 Å². The Morgan fingerprint density at radius 1 is 1.07 bits per heavy atom. The van der Waals surface area contributed by atoms with Gasteiger partial charge in [-0.25, -0.2) is 0 Å². The normalized spacial score (nSPS) is 57.3. The van der Waals surface area contributed by atoms with Crippen molar-refractivity contribution in [2.45, 2.75) is 103 Å². The Bertz CT molecular complexity index is 761. The average molecular weight is 417 g/mol. The highest BCUT2D eigenvalue weighted by atomic mass is 16.6. The lowest BCUT2D eigenvalue weighted by molar-refractivity contribution is -0.118. The highest BCUT2D eigenvalue weighted by Gasteiger charge is 2.81. The van der Waals surface area contributed by atoms with Gasteiger partial charge in [0.05, 0.1) is 17.9 Å². The van der Waals surface area contributed by atoms with Crippen molar-refractivity contribution in [2.75, 3.05) is 13.1 Å². The fourth-order valence-electron chi connectivity index (χ4n) is 9.36. The Labute approximate surface area is 181 Å². The number of nitrogens with zero attached hydrogens (tertiary/aromatic N) is 1. The summed E-state index contributed by atoms with van der Waals surface area (Å²) in [6.45, 7) is 11.6. The van der Waals surface area contributed by atoms with Crippen LogP contribution in [0.2, 0.25) is 0 Å². The molecule has 1 unspecified atom stereocenters. The van der Waals surface area contributed by atoms with Crippen LogP contribution in [0.3, 0.4) is 0 Å². The summed E-state index contributed by atoms with van der Waals surface area (Å²) in [7, 11) is 0. The summed E-state index contributed by atoms with van der Waals surface area (Å²) in [6.07, 6.45) is 9.49. The van der Waals surface area contributed by atoms with Crippen molar-refractivity contribution >= 4 is 5.71 Å². The van der Waals surface area contributed by atoms with E-state index < -0.39 is 0 Å². The minimum absolute atomic E-state index is 0.0828. The summed E-state index contributed by atoms with van der Waals surface area (Å²) in [5.74, 6) is 2.09. The first-order valence-corrected chi connectivity index (χ1v) is 12.5. The molecular formula is C25H40N2O3. The number of rotatable bonds is 2. The van der Waals surface area contributed by atoms with Crippen LogP contribution in [0.5, 0.6) is 0 Å². The molecule has 2 N–H and O–H groups in total. The maximum absolute atomic E-state index is 10.7. The van der Waals surface area contributed by atoms with Gasteiger partial charge >= 0.3 is 0 Å². The first-order valence-electron chi connectivity index (χ1n) is 12.5. The largest absolute Gasteiger partial charge is 0.393 e. The highest BCUT2D eigenvalue weighted by Crippen LogP contribution is 2.76. The number of nitrogens with one attached hydrogen (secondary N) is 1. The zero-order valence-corrected chi connectivity index (χ0v) is 19.2. The summed E-state index contributed by atoms with van der Waals surface area (Å²) in [4.78, 5) is 5.98. The van der Waals surface area contributed by atoms with E-state index >= 15 is 0 Å². The number of hydrogen-bond donors (Lipinski definition) is 2. The Hall–Kier alpha value is -0.650. The molecule has 0 bridgehead atoms. The molecule has 2 aliphatic heterocycles. The van der Waals surface area contributed by atoms with E-state index in [1.165, 1.54) is 31.4 Å². The Kier molecular flexibility index (Phi) is 4.15. The lowest BCUT2D eigenvalue weighted by atomic mass is 9.41. The highest BCUT2D eigenvalue weighted by molar-refractivity contribution is 5.92. The quantitative estimate of drug-likeness (QED) is 0.529. The molecule has 6 rings (SSSR count). The molecule has 5 nitrogen and oxygen atoms in total. The van der Waals surface area contributed by atoms with Crippen molar-refractivity contribution in [3.8, 4) is 0 Å². The molecule has 168 valence electrons. The molecule has 2 heterocycles. The topological polar surface area (TPSA) is 66.4 Å². The number of aliphatic hydroxyl groups is 1. The van der Waals surface area contributed by atoms with Gasteiger partial charge in [-0.2, -0.15) is 0 Å². The van der Waals surface area contributed by atoms with Crippen LogP contribution in [-0.2, 0) is 9.57 Å². The fourth-order valence-corrected chi connectivity index (χ4v) is 9.36. The number of hydrogen-bond acceptors (Lipinski definition) is 5. The third-order valence-corrected chi connectivity index (χ3v) is 11.1. The summed E-state index contributed by atoms with van der Waals surface area (Å²) in [5, 5.41) is 18.9. The van der Waals surface area contributed by atoms with Crippen molar-refractivity contribution in [3.63, 3.8) is 0 Å². The van der Waals surface area contributed by atoms with Gasteiger partial charge < -0.3 is 20.0 Å². The Morgan fingerprint density at radius 3 is 2.67 bits per heavy atom. The van der Waals surface area contributed by atoms with Gasteiger partial charge in [0, 0.05) is 23.8 Å². The molecule has 6 fully saturated rings. The molecule has 0 aromatic rings. The predicted molar refractivity (Wildman–Crippen MR) is 116 cm³/mol. The first kappa shape index (κ1) is 20.0. The Morgan fingerprint density at radius 2 is 1.90 bits per heavy atom. The number of oxime groups is 1. The van der Waals surface area contributed by atoms with E-state index in [9.17, 15) is 5.11 Å². The van der Waals surface area contributed by atoms with Crippen LogP contribution in [0.15, 0.2) is 5.16 Å². The second kappa shape index (κ2) is 6.23. The molecule has 0 aromatic heterocycles. The molecule has 0 radical (unpaired) electrons. The van der Waals surface area contributed by atoms with E-state index in [0.717, 1.165) is 38.8 Å². The maximum atomic E-state index is 10.7. The van der Waals surface area contributed by atoms with Gasteiger partial charge in [0.25, 0.3) is 0 Å². The number of epoxide rings is 1. The second-order valence-electron chi connectivity index (χ2n) is 12.4. The number of fused-ring (bicyclic) bond motifs is 4. The minimum Gasteiger partial charge on any atom is -0.393 e. The SMILES string of the molecule is CC1(C)/C(=N/O[C@@H]2CCNC2)CC[C@]2(C)[C@H]3CC[C@]4(C)C(O)CC[C@H]4[C@@H]3C[C@@H]3O[C@]312. The molecule has 9 atom stereocenters. The van der Waals surface area contributed by atoms with Crippen molar-refractivity contribution in [1.82, 2.24) is 5.32 Å². The molecular weight excluding hydrogens is 376 g/mol. The summed E-state index contributed by atoms with van der Waals surface area (Å²) < 4.78 is 6.78. The molecule has 2 saturated heterocycles. The molecule has 6 aliphatic rings. The zero-order valence-electron chi connectivity index (χ0n) is 19.2. The van der Waals surface area contributed by atoms with Gasteiger partial charge in [0.2, 0.25) is 0 Å². The van der Waals surface area contributed by atoms with Crippen molar-refractivity contribution in [2.24, 2.45) is 39.2 Å². The lowest BCUT2D eigenvalue weighted by Crippen LogP contribution is -2.64. The Balaban J connectivity index is 1.30. The zero-order chi connectivity index (χ0) is 20.9. The van der Waals surface area contributed by atoms with Crippen LogP contribution in [0.4, 0.5) is 0 Å². The molecule has 30 heavy (non-hydrogen) atoms. The van der Waals surface area contributed by atoms with E-state index in [-0.39, 0.29) is 34.1 Å². The molecule has 1 spiro atoms. The molecule has 0 amide bonds. The van der Waals surface area contributed by atoms with E-state index in [2.05, 4.69) is 33.0 Å². The third-order valence-electron chi connectivity index (χ3n) is 11.1. The maximum Gasteiger partial charge on any atom is 0.141 e. The lowest BCUT2D eigenvalue weighted by Gasteiger charge is -2.61. The van der Waals surface area contributed by atoms with Gasteiger partial charge in [0.1, 0.15) is 11.7 Å². The smallest absolute Gasteiger partial charge is 0.141 e. The number of aliphatic hydroxyl groups excluding tert-OH is 1. The van der Waals surface area contributed by atoms with Gasteiger partial charge in [-0.3, -0.25) is 0 Å². The van der Waals surface area contributed by atoms with E-state index in [1.807, 2.05) is 0 Å². The van der Waals surface area contributed by atoms with Crippen LogP contribution in [0, 0.1) is 34.0 Å². The minimum atomic E-state index is -0.105. The van der Waals surface area contributed by atoms with Crippen molar-refractivity contribution in [1.29, 1.82) is 0 Å². The molecule has 0 aromatic carbocycles. The van der Waals surface area contributed by atoms with Crippen molar-refractivity contribution < 1.29 is 14.7 Å². The first-order chi connectivity index (χ1) is 14.2. The van der Waals surface area contributed by atoms with E-state index in [1.54, 1.807) is 0 Å². The molecule has 4 saturated carbocycles. The summed E-state index contributed by atoms with van der Waals surface area (Å²) in [5.41, 5.74) is 1.38. The second-order valence-corrected chi connectivity index (χ2v) is 12.4. The van der Waals surface area contributed by atoms with Crippen LogP contribution < -0.4 is 5.32 Å². The molecule has 5 heteroatoms. The standard InChI is InChI=1S/C25H40N2O3/c1-22(2)19(27-30-15-9-12-26-14-15)8-11-24(4)18-7-10-23(3)17(5-6-20(23)28)16(18)13-21-25(22,24)29-21/h15-18,20-21,26,28H,5-14H2,1-4H3/b27-19+/t15-,16+,17+,18+,20?,21+,23+,24-,25-/m1/s1. The predicted octanol–water partition coefficient (Wildman–Crippen LogP) is 3.89. The van der Waals surface area contributed by atoms with Gasteiger partial charge in [0.15, 0.2) is 0 Å². The van der Waals surface area contributed by atoms with Gasteiger partial charge in [-0.1, -0.05) is 32.9 Å². The van der Waals surface area contributed by atoms with Crippen LogP contribution >= 0.6 is 0 Å². The van der Waals surface area contributed by atoms with E-state index in [0.29, 0.717) is 23.9 Å². The van der Waals surface area contributed by atoms with Gasteiger partial charge in [-0.15, -0.1) is 0 Å². The monoisotopic (exact) mass is 416 g/mol. The van der Waals surface area contributed by atoms with E-state index in [4.69, 9.17) is 14.7 Å². The third kappa shape index (κ3) is 2.28. The average Bonchev–Trinajstić information content (AvgIpc) is 3.08. The fraction of sp³-hybridized carbons (Fsp3) is 0.960. The van der Waals surface area contributed by atoms with Crippen molar-refractivity contribution in [3.05, 3.63) is 0 Å². The number of ether oxygens (including phenoxy) is 1. The van der Waals surface area contributed by atoms with Gasteiger partial charge in [-0.05, 0) is 74.7 Å². The van der Waals surface area contributed by atoms with Crippen LogP contribution in [0.25, 0.3) is 0 Å². The summed E-state index contributed by atoms with van der Waals surface area (Å²) in [6, 6.07) is 0. The van der Waals surface area contributed by atoms with Crippen LogP contribution in [-0.4, -0.2) is 47.8 Å². The molecule has 4 aliphatic carbocycles. The summed E-state index contributed by atoms with van der Waals surface area (Å²) >= 11 is 0.